The first kappa shape index (κ1) is 23.4. The smallest absolute Gasteiger partial charge is 0.407 e. The number of fused-ring (bicyclic) bond motifs is 6. The van der Waals surface area contributed by atoms with E-state index >= 15 is 4.39 Å². The molecule has 3 aliphatic heterocycles. The Balaban J connectivity index is 1.61. The van der Waals surface area contributed by atoms with Crippen molar-refractivity contribution in [1.29, 1.82) is 0 Å². The lowest BCUT2D eigenvalue weighted by Gasteiger charge is -2.41. The second kappa shape index (κ2) is 9.14. The molecule has 7 rings (SSSR count). The van der Waals surface area contributed by atoms with E-state index in [-0.39, 0.29) is 23.8 Å². The topological polar surface area (TPSA) is 89.5 Å². The second-order valence-corrected chi connectivity index (χ2v) is 9.99. The molecule has 9 heteroatoms. The van der Waals surface area contributed by atoms with Gasteiger partial charge in [-0.25, -0.2) is 9.18 Å². The Morgan fingerprint density at radius 1 is 1.16 bits per heavy atom. The number of alkyl carbamates (subject to hydrolysis) is 1. The van der Waals surface area contributed by atoms with E-state index in [0.717, 1.165) is 29.2 Å². The van der Waals surface area contributed by atoms with Gasteiger partial charge in [-0.3, -0.25) is 4.98 Å². The van der Waals surface area contributed by atoms with Gasteiger partial charge in [-0.2, -0.15) is 9.97 Å². The molecule has 37 heavy (non-hydrogen) atoms. The zero-order chi connectivity index (χ0) is 25.6. The summed E-state index contributed by atoms with van der Waals surface area (Å²) in [6.07, 6.45) is 4.12. The predicted octanol–water partition coefficient (Wildman–Crippen LogP) is 5.02. The first-order valence-corrected chi connectivity index (χ1v) is 12.6. The van der Waals surface area contributed by atoms with Crippen molar-refractivity contribution in [2.24, 2.45) is 0 Å². The lowest BCUT2D eigenvalue weighted by molar-refractivity contribution is 0.130. The minimum Gasteiger partial charge on any atom is -0.467 e. The van der Waals surface area contributed by atoms with Crippen molar-refractivity contribution in [3.05, 3.63) is 54.0 Å². The average Bonchev–Trinajstić information content (AvgIpc) is 2.90. The van der Waals surface area contributed by atoms with Gasteiger partial charge in [0.05, 0.1) is 24.6 Å². The van der Waals surface area contributed by atoms with E-state index in [1.165, 1.54) is 7.11 Å². The van der Waals surface area contributed by atoms with Gasteiger partial charge >= 0.3 is 12.1 Å². The molecule has 6 bridgehead atoms. The van der Waals surface area contributed by atoms with Crippen molar-refractivity contribution in [2.75, 3.05) is 31.7 Å². The quantitative estimate of drug-likeness (QED) is 0.392. The molecule has 1 saturated heterocycles. The third kappa shape index (κ3) is 4.18. The Kier molecular flexibility index (Phi) is 5.78. The van der Waals surface area contributed by atoms with Crippen molar-refractivity contribution in [1.82, 2.24) is 20.3 Å². The number of benzene rings is 2. The molecule has 1 N–H and O–H groups in total. The molecular weight excluding hydrogens is 473 g/mol. The van der Waals surface area contributed by atoms with Gasteiger partial charge in [-0.05, 0) is 48.9 Å². The van der Waals surface area contributed by atoms with E-state index in [9.17, 15) is 4.79 Å². The van der Waals surface area contributed by atoms with Crippen molar-refractivity contribution in [2.45, 2.75) is 38.1 Å². The number of carbonyl (C=O) groups excluding carboxylic acids is 1. The van der Waals surface area contributed by atoms with Crippen LogP contribution in [0.15, 0.2) is 42.6 Å². The van der Waals surface area contributed by atoms with Crippen LogP contribution >= 0.6 is 0 Å². The van der Waals surface area contributed by atoms with E-state index in [0.29, 0.717) is 42.7 Å². The first-order chi connectivity index (χ1) is 18.0. The molecule has 0 spiro atoms. The van der Waals surface area contributed by atoms with E-state index < -0.39 is 17.4 Å². The monoisotopic (exact) mass is 501 g/mol. The van der Waals surface area contributed by atoms with Crippen molar-refractivity contribution >= 4 is 33.6 Å². The summed E-state index contributed by atoms with van der Waals surface area (Å²) in [6.45, 7) is 3.44. The predicted molar refractivity (Wildman–Crippen MR) is 139 cm³/mol. The third-order valence-electron chi connectivity index (χ3n) is 7.30. The largest absolute Gasteiger partial charge is 0.467 e. The minimum atomic E-state index is -0.540. The summed E-state index contributed by atoms with van der Waals surface area (Å²) >= 11 is 0. The summed E-state index contributed by atoms with van der Waals surface area (Å²) in [5.41, 5.74) is 1.59. The summed E-state index contributed by atoms with van der Waals surface area (Å²) in [5, 5.41) is 5.47. The lowest BCUT2D eigenvalue weighted by Crippen LogP contribution is -2.57. The molecule has 0 saturated carbocycles. The van der Waals surface area contributed by atoms with Gasteiger partial charge in [0.1, 0.15) is 17.0 Å². The molecule has 1 fully saturated rings. The van der Waals surface area contributed by atoms with Gasteiger partial charge in [0.25, 0.3) is 0 Å². The van der Waals surface area contributed by atoms with Crippen LogP contribution in [0.25, 0.3) is 32.9 Å². The van der Waals surface area contributed by atoms with Crippen LogP contribution in [0.3, 0.4) is 0 Å². The molecule has 1 amide bonds. The maximum atomic E-state index is 16.3. The van der Waals surface area contributed by atoms with Crippen LogP contribution in [0.1, 0.15) is 31.7 Å². The fourth-order valence-electron chi connectivity index (χ4n) is 5.60. The van der Waals surface area contributed by atoms with Crippen LogP contribution in [-0.2, 0) is 11.2 Å². The van der Waals surface area contributed by atoms with E-state index in [2.05, 4.69) is 20.3 Å². The zero-order valence-corrected chi connectivity index (χ0v) is 20.9. The fraction of sp³-hybridized carbons (Fsp3) is 0.357. The number of aromatic nitrogens is 3. The number of hydrogen-bond acceptors (Lipinski definition) is 7. The molecule has 1 unspecified atom stereocenters. The number of ether oxygens (including phenoxy) is 2. The molecule has 0 radical (unpaired) electrons. The zero-order valence-electron chi connectivity index (χ0n) is 20.9. The number of rotatable bonds is 1. The third-order valence-corrected chi connectivity index (χ3v) is 7.30. The van der Waals surface area contributed by atoms with Crippen LogP contribution in [0.2, 0.25) is 0 Å². The summed E-state index contributed by atoms with van der Waals surface area (Å²) in [6, 6.07) is 11.9. The average molecular weight is 502 g/mol. The number of piperidine rings is 1. The lowest BCUT2D eigenvalue weighted by atomic mass is 9.91. The Labute approximate surface area is 213 Å². The van der Waals surface area contributed by atoms with Crippen LogP contribution < -0.4 is 15.0 Å². The minimum absolute atomic E-state index is 0.0784. The summed E-state index contributed by atoms with van der Waals surface area (Å²) in [7, 11) is 1.47. The van der Waals surface area contributed by atoms with Gasteiger partial charge < -0.3 is 19.7 Å². The van der Waals surface area contributed by atoms with Gasteiger partial charge in [-0.15, -0.1) is 0 Å². The van der Waals surface area contributed by atoms with Crippen LogP contribution in [0.5, 0.6) is 6.01 Å². The van der Waals surface area contributed by atoms with Gasteiger partial charge in [-0.1, -0.05) is 36.4 Å². The number of aryl methyl sites for hydroxylation is 1. The van der Waals surface area contributed by atoms with E-state index in [1.54, 1.807) is 6.20 Å². The first-order valence-electron chi connectivity index (χ1n) is 12.6. The molecule has 2 aromatic heterocycles. The number of nitrogens with one attached hydrogen (secondary N) is 1. The SMILES string of the molecule is COc1nc2c3cnc(c(F)c3n1)-c1cccc3cccc(c13)CCCOC(=O)NC1(C)CCCN2C1. The molecule has 1 atom stereocenters. The van der Waals surface area contributed by atoms with Crippen LogP contribution in [0.4, 0.5) is 15.0 Å². The molecule has 4 aromatic rings. The van der Waals surface area contributed by atoms with E-state index in [1.807, 2.05) is 48.2 Å². The number of halogens is 1. The van der Waals surface area contributed by atoms with Crippen molar-refractivity contribution in [3.8, 4) is 17.3 Å². The molecular formula is C28H28FN5O3. The van der Waals surface area contributed by atoms with Gasteiger partial charge in [0.15, 0.2) is 5.82 Å². The highest BCUT2D eigenvalue weighted by molar-refractivity contribution is 6.00. The molecule has 5 heterocycles. The number of methoxy groups -OCH3 is 1. The molecule has 2 aromatic carbocycles. The highest BCUT2D eigenvalue weighted by atomic mass is 19.1. The fourth-order valence-corrected chi connectivity index (χ4v) is 5.60. The number of nitrogens with zero attached hydrogens (tertiary/aromatic N) is 4. The normalized spacial score (nSPS) is 20.1. The number of hydrogen-bond donors (Lipinski definition) is 1. The molecule has 190 valence electrons. The molecule has 3 aliphatic rings. The van der Waals surface area contributed by atoms with Gasteiger partial charge in [0, 0.05) is 24.8 Å². The molecule has 8 nitrogen and oxygen atoms in total. The summed E-state index contributed by atoms with van der Waals surface area (Å²) in [5.74, 6) is 0.0197. The van der Waals surface area contributed by atoms with Crippen LogP contribution in [0, 0.1) is 5.82 Å². The molecule has 0 aliphatic carbocycles. The number of carbonyl (C=O) groups is 1. The second-order valence-electron chi connectivity index (χ2n) is 9.99. The maximum Gasteiger partial charge on any atom is 0.407 e. The Morgan fingerprint density at radius 3 is 2.84 bits per heavy atom. The standard InChI is InChI=1S/C28H28FN5O3/c1-28-12-6-13-34(16-28)25-20-15-30-23(22(29)24(20)31-26(32-25)36-2)19-11-4-9-17-7-3-8-18(21(17)19)10-5-14-37-27(35)33-28/h3-4,7-9,11,15H,5-6,10,12-14,16H2,1-2H3,(H,33,35). The van der Waals surface area contributed by atoms with Crippen molar-refractivity contribution in [3.63, 3.8) is 0 Å². The van der Waals surface area contributed by atoms with E-state index in [4.69, 9.17) is 9.47 Å². The summed E-state index contributed by atoms with van der Waals surface area (Å²) in [4.78, 5) is 28.3. The highest BCUT2D eigenvalue weighted by Crippen LogP contribution is 2.37. The maximum absolute atomic E-state index is 16.3. The summed E-state index contributed by atoms with van der Waals surface area (Å²) < 4.78 is 27.2. The number of anilines is 1. The van der Waals surface area contributed by atoms with Gasteiger partial charge in [0.2, 0.25) is 0 Å². The Morgan fingerprint density at radius 2 is 2.00 bits per heavy atom. The highest BCUT2D eigenvalue weighted by Gasteiger charge is 2.35. The van der Waals surface area contributed by atoms with Crippen molar-refractivity contribution < 1.29 is 18.7 Å². The Hall–Kier alpha value is -4.01. The van der Waals surface area contributed by atoms with Crippen LogP contribution in [-0.4, -0.2) is 53.4 Å². The number of pyridine rings is 1. The Bertz CT molecular complexity index is 1520. The number of amides is 1.